The summed E-state index contributed by atoms with van der Waals surface area (Å²) in [5, 5.41) is 11.8. The number of rotatable bonds is 9. The quantitative estimate of drug-likeness (QED) is 0.623. The standard InChI is InChI=1S/C23H25NO5/c1-15(25)8-2-7-13-21(22(26)27)24-23(28)29-14-20-18-11-5-3-9-16(18)17-10-4-6-12-19(17)20/h3-6,9-12,20-21H,2,7-8,13-14H2,1H3,(H,24,28)(H,26,27). The Morgan fingerprint density at radius 1 is 1.00 bits per heavy atom. The highest BCUT2D eigenvalue weighted by atomic mass is 16.5. The number of carbonyl (C=O) groups is 3. The zero-order valence-corrected chi connectivity index (χ0v) is 16.4. The van der Waals surface area contributed by atoms with E-state index in [4.69, 9.17) is 4.74 Å². The SMILES string of the molecule is CC(=O)CCCCC(NC(=O)OCC1c2ccccc2-c2ccccc21)C(=O)O. The van der Waals surface area contributed by atoms with Gasteiger partial charge >= 0.3 is 12.1 Å². The molecule has 1 aliphatic carbocycles. The van der Waals surface area contributed by atoms with Gasteiger partial charge in [-0.15, -0.1) is 0 Å². The van der Waals surface area contributed by atoms with Gasteiger partial charge in [0.15, 0.2) is 0 Å². The first-order chi connectivity index (χ1) is 14.0. The highest BCUT2D eigenvalue weighted by molar-refractivity contribution is 5.81. The Morgan fingerprint density at radius 2 is 1.59 bits per heavy atom. The number of hydrogen-bond donors (Lipinski definition) is 2. The fourth-order valence-corrected chi connectivity index (χ4v) is 3.76. The van der Waals surface area contributed by atoms with Gasteiger partial charge in [0.2, 0.25) is 0 Å². The van der Waals surface area contributed by atoms with E-state index in [0.29, 0.717) is 19.3 Å². The molecule has 0 radical (unpaired) electrons. The fraction of sp³-hybridized carbons (Fsp3) is 0.348. The van der Waals surface area contributed by atoms with Crippen LogP contribution in [0.2, 0.25) is 0 Å². The molecule has 2 N–H and O–H groups in total. The number of fused-ring (bicyclic) bond motifs is 3. The van der Waals surface area contributed by atoms with E-state index in [-0.39, 0.29) is 24.7 Å². The lowest BCUT2D eigenvalue weighted by molar-refractivity contribution is -0.139. The Hall–Kier alpha value is -3.15. The van der Waals surface area contributed by atoms with E-state index in [2.05, 4.69) is 17.4 Å². The van der Waals surface area contributed by atoms with Crippen molar-refractivity contribution in [2.45, 2.75) is 44.6 Å². The topological polar surface area (TPSA) is 92.7 Å². The van der Waals surface area contributed by atoms with Crippen LogP contribution in [0.5, 0.6) is 0 Å². The molecule has 0 aliphatic heterocycles. The van der Waals surface area contributed by atoms with Crippen molar-refractivity contribution >= 4 is 17.8 Å². The highest BCUT2D eigenvalue weighted by Crippen LogP contribution is 2.44. The highest BCUT2D eigenvalue weighted by Gasteiger charge is 2.29. The molecule has 1 unspecified atom stereocenters. The number of amides is 1. The van der Waals surface area contributed by atoms with Gasteiger partial charge < -0.3 is 20.0 Å². The molecule has 0 aromatic heterocycles. The third-order valence-corrected chi connectivity index (χ3v) is 5.21. The van der Waals surface area contributed by atoms with Crippen LogP contribution in [0.3, 0.4) is 0 Å². The van der Waals surface area contributed by atoms with Gasteiger partial charge in [-0.25, -0.2) is 9.59 Å². The molecule has 0 heterocycles. The summed E-state index contributed by atoms with van der Waals surface area (Å²) in [6.45, 7) is 1.64. The predicted octanol–water partition coefficient (Wildman–Crippen LogP) is 4.13. The molecule has 0 bridgehead atoms. The molecule has 0 spiro atoms. The predicted molar refractivity (Wildman–Crippen MR) is 109 cm³/mol. The summed E-state index contributed by atoms with van der Waals surface area (Å²) >= 11 is 0. The van der Waals surface area contributed by atoms with E-state index < -0.39 is 18.1 Å². The number of ketones is 1. The Kier molecular flexibility index (Phi) is 6.65. The molecule has 6 nitrogen and oxygen atoms in total. The van der Waals surface area contributed by atoms with Crippen molar-refractivity contribution < 1.29 is 24.2 Å². The first-order valence-corrected chi connectivity index (χ1v) is 9.81. The molecule has 6 heteroatoms. The van der Waals surface area contributed by atoms with Crippen LogP contribution in [-0.2, 0) is 14.3 Å². The van der Waals surface area contributed by atoms with Crippen molar-refractivity contribution in [1.29, 1.82) is 0 Å². The van der Waals surface area contributed by atoms with Crippen molar-refractivity contribution in [3.8, 4) is 11.1 Å². The summed E-state index contributed by atoms with van der Waals surface area (Å²) in [6.07, 6.45) is 1.07. The van der Waals surface area contributed by atoms with E-state index in [9.17, 15) is 19.5 Å². The lowest BCUT2D eigenvalue weighted by Crippen LogP contribution is -2.41. The van der Waals surface area contributed by atoms with Crippen molar-refractivity contribution in [1.82, 2.24) is 5.32 Å². The van der Waals surface area contributed by atoms with Crippen molar-refractivity contribution in [2.75, 3.05) is 6.61 Å². The number of aliphatic carboxylic acids is 1. The van der Waals surface area contributed by atoms with Gasteiger partial charge in [-0.05, 0) is 42.0 Å². The van der Waals surface area contributed by atoms with Gasteiger partial charge in [0.1, 0.15) is 18.4 Å². The van der Waals surface area contributed by atoms with Crippen molar-refractivity contribution in [3.05, 3.63) is 59.7 Å². The fourth-order valence-electron chi connectivity index (χ4n) is 3.76. The second-order valence-corrected chi connectivity index (χ2v) is 7.31. The minimum absolute atomic E-state index is 0.0707. The Balaban J connectivity index is 1.58. The van der Waals surface area contributed by atoms with Gasteiger partial charge in [0.05, 0.1) is 0 Å². The molecule has 2 aromatic rings. The van der Waals surface area contributed by atoms with Crippen LogP contribution in [-0.4, -0.2) is 35.6 Å². The van der Waals surface area contributed by atoms with Crippen LogP contribution in [0, 0.1) is 0 Å². The molecule has 0 fully saturated rings. The van der Waals surface area contributed by atoms with Gasteiger partial charge in [-0.3, -0.25) is 0 Å². The maximum atomic E-state index is 12.2. The summed E-state index contributed by atoms with van der Waals surface area (Å²) in [4.78, 5) is 34.6. The summed E-state index contributed by atoms with van der Waals surface area (Å²) < 4.78 is 5.40. The van der Waals surface area contributed by atoms with Gasteiger partial charge in [0.25, 0.3) is 0 Å². The molecule has 0 saturated heterocycles. The molecule has 0 saturated carbocycles. The number of unbranched alkanes of at least 4 members (excludes halogenated alkanes) is 1. The lowest BCUT2D eigenvalue weighted by atomic mass is 9.98. The number of alkyl carbamates (subject to hydrolysis) is 1. The Labute approximate surface area is 169 Å². The van der Waals surface area contributed by atoms with Crippen LogP contribution >= 0.6 is 0 Å². The number of nitrogens with one attached hydrogen (secondary N) is 1. The van der Waals surface area contributed by atoms with E-state index in [1.54, 1.807) is 0 Å². The van der Waals surface area contributed by atoms with Crippen molar-refractivity contribution in [2.24, 2.45) is 0 Å². The number of carboxylic acid groups (broad SMARTS) is 1. The number of Topliss-reactive ketones (excluding diaryl/α,β-unsaturated/α-hetero) is 1. The molecule has 152 valence electrons. The average Bonchev–Trinajstić information content (AvgIpc) is 3.02. The van der Waals surface area contributed by atoms with E-state index >= 15 is 0 Å². The van der Waals surface area contributed by atoms with Crippen LogP contribution in [0.1, 0.15) is 49.7 Å². The second kappa shape index (κ2) is 9.37. The minimum Gasteiger partial charge on any atom is -0.480 e. The monoisotopic (exact) mass is 395 g/mol. The molecule has 1 amide bonds. The van der Waals surface area contributed by atoms with Crippen LogP contribution in [0.15, 0.2) is 48.5 Å². The number of carbonyl (C=O) groups excluding carboxylic acids is 2. The summed E-state index contributed by atoms with van der Waals surface area (Å²) in [6, 6.07) is 15.0. The van der Waals surface area contributed by atoms with Gasteiger partial charge in [-0.1, -0.05) is 55.0 Å². The maximum absolute atomic E-state index is 12.2. The number of ether oxygens (including phenoxy) is 1. The van der Waals surface area contributed by atoms with Gasteiger partial charge in [-0.2, -0.15) is 0 Å². The third kappa shape index (κ3) is 5.02. The summed E-state index contributed by atoms with van der Waals surface area (Å²) in [7, 11) is 0. The zero-order chi connectivity index (χ0) is 20.8. The largest absolute Gasteiger partial charge is 0.480 e. The second-order valence-electron chi connectivity index (χ2n) is 7.31. The summed E-state index contributed by atoms with van der Waals surface area (Å²) in [5.74, 6) is -1.12. The van der Waals surface area contributed by atoms with Gasteiger partial charge in [0, 0.05) is 12.3 Å². The number of benzene rings is 2. The first kappa shape index (κ1) is 20.6. The minimum atomic E-state index is -1.11. The Bertz CT molecular complexity index is 862. The molecule has 2 aromatic carbocycles. The molecule has 1 atom stereocenters. The van der Waals surface area contributed by atoms with Crippen LogP contribution in [0.4, 0.5) is 4.79 Å². The summed E-state index contributed by atoms with van der Waals surface area (Å²) in [5.41, 5.74) is 4.46. The normalized spacial score (nSPS) is 13.3. The lowest BCUT2D eigenvalue weighted by Gasteiger charge is -2.17. The molecular formula is C23H25NO5. The number of hydrogen-bond acceptors (Lipinski definition) is 4. The molecule has 1 aliphatic rings. The van der Waals surface area contributed by atoms with E-state index in [1.165, 1.54) is 6.92 Å². The maximum Gasteiger partial charge on any atom is 0.407 e. The molecule has 3 rings (SSSR count). The van der Waals surface area contributed by atoms with E-state index in [1.807, 2.05) is 36.4 Å². The van der Waals surface area contributed by atoms with Crippen molar-refractivity contribution in [3.63, 3.8) is 0 Å². The van der Waals surface area contributed by atoms with E-state index in [0.717, 1.165) is 22.3 Å². The zero-order valence-electron chi connectivity index (χ0n) is 16.4. The number of carboxylic acids is 1. The Morgan fingerprint density at radius 3 is 2.14 bits per heavy atom. The molecular weight excluding hydrogens is 370 g/mol. The smallest absolute Gasteiger partial charge is 0.407 e. The van der Waals surface area contributed by atoms with Crippen LogP contribution in [0.25, 0.3) is 11.1 Å². The molecule has 29 heavy (non-hydrogen) atoms. The first-order valence-electron chi connectivity index (χ1n) is 9.81. The van der Waals surface area contributed by atoms with Crippen LogP contribution < -0.4 is 5.32 Å². The third-order valence-electron chi connectivity index (χ3n) is 5.21. The average molecular weight is 395 g/mol.